The third kappa shape index (κ3) is 3.93. The molecule has 0 aliphatic carbocycles. The molecule has 1 N–H and O–H groups in total. The maximum atomic E-state index is 9.22. The van der Waals surface area contributed by atoms with Crippen LogP contribution in [0.2, 0.25) is 0 Å². The summed E-state index contributed by atoms with van der Waals surface area (Å²) in [6.07, 6.45) is 1.64. The molecule has 0 aliphatic heterocycles. The summed E-state index contributed by atoms with van der Waals surface area (Å²) in [7, 11) is 0. The standard InChI is InChI=1S/C13H20O/c1-10(2)8-12-4-6-13(7-5-12)9-11(3)14/h4-7,10-11,14H,8-9H2,1-3H3. The summed E-state index contributed by atoms with van der Waals surface area (Å²) in [4.78, 5) is 0. The Balaban J connectivity index is 2.59. The van der Waals surface area contributed by atoms with Crippen molar-refractivity contribution >= 4 is 0 Å². The van der Waals surface area contributed by atoms with E-state index in [9.17, 15) is 5.11 Å². The fourth-order valence-corrected chi connectivity index (χ4v) is 1.62. The fraction of sp³-hybridized carbons (Fsp3) is 0.538. The molecule has 0 amide bonds. The molecule has 0 saturated heterocycles. The van der Waals surface area contributed by atoms with Gasteiger partial charge in [-0.05, 0) is 36.8 Å². The Hall–Kier alpha value is -0.820. The molecule has 0 fully saturated rings. The molecule has 1 rings (SSSR count). The van der Waals surface area contributed by atoms with Crippen molar-refractivity contribution in [1.29, 1.82) is 0 Å². The number of aliphatic hydroxyl groups excluding tert-OH is 1. The predicted octanol–water partition coefficient (Wildman–Crippen LogP) is 2.81. The quantitative estimate of drug-likeness (QED) is 0.777. The van der Waals surface area contributed by atoms with Crippen molar-refractivity contribution in [2.45, 2.75) is 39.7 Å². The van der Waals surface area contributed by atoms with E-state index in [-0.39, 0.29) is 6.10 Å². The molecule has 1 heteroatoms. The minimum Gasteiger partial charge on any atom is -0.393 e. The monoisotopic (exact) mass is 192 g/mol. The Morgan fingerprint density at radius 3 is 1.71 bits per heavy atom. The maximum Gasteiger partial charge on any atom is 0.0552 e. The van der Waals surface area contributed by atoms with Crippen molar-refractivity contribution in [3.05, 3.63) is 35.4 Å². The lowest BCUT2D eigenvalue weighted by Crippen LogP contribution is -2.04. The summed E-state index contributed by atoms with van der Waals surface area (Å²) in [6.45, 7) is 6.27. The molecule has 0 aromatic heterocycles. The van der Waals surface area contributed by atoms with Gasteiger partial charge in [0.1, 0.15) is 0 Å². The molecule has 14 heavy (non-hydrogen) atoms. The molecule has 1 aromatic rings. The van der Waals surface area contributed by atoms with Crippen LogP contribution in [-0.2, 0) is 12.8 Å². The molecule has 1 unspecified atom stereocenters. The first kappa shape index (κ1) is 11.3. The van der Waals surface area contributed by atoms with E-state index in [1.807, 2.05) is 6.92 Å². The van der Waals surface area contributed by atoms with Crippen LogP contribution in [-0.4, -0.2) is 11.2 Å². The van der Waals surface area contributed by atoms with Gasteiger partial charge in [-0.1, -0.05) is 38.1 Å². The molecule has 1 aromatic carbocycles. The van der Waals surface area contributed by atoms with Gasteiger partial charge < -0.3 is 5.11 Å². The van der Waals surface area contributed by atoms with E-state index in [1.54, 1.807) is 0 Å². The number of rotatable bonds is 4. The van der Waals surface area contributed by atoms with Crippen LogP contribution in [0.15, 0.2) is 24.3 Å². The van der Waals surface area contributed by atoms with Gasteiger partial charge in [0.25, 0.3) is 0 Å². The Morgan fingerprint density at radius 1 is 0.929 bits per heavy atom. The molecular formula is C13H20O. The Bertz CT molecular complexity index is 230. The molecule has 1 atom stereocenters. The number of benzene rings is 1. The van der Waals surface area contributed by atoms with Gasteiger partial charge in [0.05, 0.1) is 6.10 Å². The zero-order valence-corrected chi connectivity index (χ0v) is 9.33. The summed E-state index contributed by atoms with van der Waals surface area (Å²) in [6, 6.07) is 8.56. The zero-order valence-electron chi connectivity index (χ0n) is 9.33. The first-order valence-corrected chi connectivity index (χ1v) is 5.34. The van der Waals surface area contributed by atoms with Crippen LogP contribution in [0.4, 0.5) is 0 Å². The molecule has 1 nitrogen and oxygen atoms in total. The van der Waals surface area contributed by atoms with E-state index >= 15 is 0 Å². The lowest BCUT2D eigenvalue weighted by atomic mass is 10.0. The van der Waals surface area contributed by atoms with Crippen molar-refractivity contribution in [3.63, 3.8) is 0 Å². The molecule has 0 spiro atoms. The summed E-state index contributed by atoms with van der Waals surface area (Å²) in [5, 5.41) is 9.22. The molecule has 0 bridgehead atoms. The number of hydrogen-bond donors (Lipinski definition) is 1. The minimum absolute atomic E-state index is 0.244. The predicted molar refractivity (Wildman–Crippen MR) is 60.4 cm³/mol. The Labute approximate surface area is 86.8 Å². The van der Waals surface area contributed by atoms with E-state index in [0.29, 0.717) is 5.92 Å². The van der Waals surface area contributed by atoms with Crippen molar-refractivity contribution in [2.75, 3.05) is 0 Å². The smallest absolute Gasteiger partial charge is 0.0552 e. The first-order valence-electron chi connectivity index (χ1n) is 5.34. The zero-order chi connectivity index (χ0) is 10.6. The summed E-state index contributed by atoms with van der Waals surface area (Å²) < 4.78 is 0. The normalized spacial score (nSPS) is 13.2. The second kappa shape index (κ2) is 5.16. The maximum absolute atomic E-state index is 9.22. The third-order valence-electron chi connectivity index (χ3n) is 2.20. The van der Waals surface area contributed by atoms with Gasteiger partial charge in [-0.25, -0.2) is 0 Å². The lowest BCUT2D eigenvalue weighted by Gasteiger charge is -2.07. The van der Waals surface area contributed by atoms with Crippen LogP contribution in [0.5, 0.6) is 0 Å². The fourth-order valence-electron chi connectivity index (χ4n) is 1.62. The first-order chi connectivity index (χ1) is 6.58. The molecular weight excluding hydrogens is 172 g/mol. The molecule has 0 saturated carbocycles. The highest BCUT2D eigenvalue weighted by Gasteiger charge is 2.00. The number of hydrogen-bond acceptors (Lipinski definition) is 1. The minimum atomic E-state index is -0.244. The second-order valence-corrected chi connectivity index (χ2v) is 4.47. The van der Waals surface area contributed by atoms with E-state index in [1.165, 1.54) is 11.1 Å². The average Bonchev–Trinajstić information content (AvgIpc) is 2.06. The third-order valence-corrected chi connectivity index (χ3v) is 2.20. The van der Waals surface area contributed by atoms with E-state index < -0.39 is 0 Å². The number of aliphatic hydroxyl groups is 1. The Kier molecular flexibility index (Phi) is 4.15. The lowest BCUT2D eigenvalue weighted by molar-refractivity contribution is 0.195. The summed E-state index contributed by atoms with van der Waals surface area (Å²) >= 11 is 0. The Morgan fingerprint density at radius 2 is 1.36 bits per heavy atom. The van der Waals surface area contributed by atoms with Gasteiger partial charge in [-0.15, -0.1) is 0 Å². The van der Waals surface area contributed by atoms with Crippen LogP contribution >= 0.6 is 0 Å². The van der Waals surface area contributed by atoms with Gasteiger partial charge in [-0.3, -0.25) is 0 Å². The SMILES string of the molecule is CC(C)Cc1ccc(CC(C)O)cc1. The van der Waals surface area contributed by atoms with Crippen LogP contribution in [0.25, 0.3) is 0 Å². The van der Waals surface area contributed by atoms with Crippen molar-refractivity contribution < 1.29 is 5.11 Å². The van der Waals surface area contributed by atoms with Gasteiger partial charge in [-0.2, -0.15) is 0 Å². The van der Waals surface area contributed by atoms with E-state index in [4.69, 9.17) is 0 Å². The van der Waals surface area contributed by atoms with Crippen molar-refractivity contribution in [3.8, 4) is 0 Å². The van der Waals surface area contributed by atoms with Gasteiger partial charge in [0, 0.05) is 0 Å². The highest BCUT2D eigenvalue weighted by atomic mass is 16.3. The highest BCUT2D eigenvalue weighted by molar-refractivity contribution is 5.23. The second-order valence-electron chi connectivity index (χ2n) is 4.47. The van der Waals surface area contributed by atoms with Crippen LogP contribution in [0.3, 0.4) is 0 Å². The van der Waals surface area contributed by atoms with Gasteiger partial charge >= 0.3 is 0 Å². The molecule has 78 valence electrons. The molecule has 0 radical (unpaired) electrons. The topological polar surface area (TPSA) is 20.2 Å². The average molecular weight is 192 g/mol. The van der Waals surface area contributed by atoms with E-state index in [2.05, 4.69) is 38.1 Å². The van der Waals surface area contributed by atoms with Crippen LogP contribution in [0, 0.1) is 5.92 Å². The molecule has 0 aliphatic rings. The van der Waals surface area contributed by atoms with Gasteiger partial charge in [0.2, 0.25) is 0 Å². The van der Waals surface area contributed by atoms with E-state index in [0.717, 1.165) is 12.8 Å². The summed E-state index contributed by atoms with van der Waals surface area (Å²) in [5.74, 6) is 0.706. The largest absolute Gasteiger partial charge is 0.393 e. The highest BCUT2D eigenvalue weighted by Crippen LogP contribution is 2.10. The van der Waals surface area contributed by atoms with Gasteiger partial charge in [0.15, 0.2) is 0 Å². The van der Waals surface area contributed by atoms with Crippen LogP contribution < -0.4 is 0 Å². The van der Waals surface area contributed by atoms with Crippen molar-refractivity contribution in [1.82, 2.24) is 0 Å². The summed E-state index contributed by atoms with van der Waals surface area (Å²) in [5.41, 5.74) is 2.60. The van der Waals surface area contributed by atoms with Crippen LogP contribution in [0.1, 0.15) is 31.9 Å². The van der Waals surface area contributed by atoms with Crippen molar-refractivity contribution in [2.24, 2.45) is 5.92 Å². The molecule has 0 heterocycles.